The topological polar surface area (TPSA) is 79.2 Å². The molecule has 2 aromatic carbocycles. The lowest BCUT2D eigenvalue weighted by molar-refractivity contribution is -0.186. The van der Waals surface area contributed by atoms with Gasteiger partial charge in [0.25, 0.3) is 0 Å². The molecule has 2 aliphatic carbocycles. The van der Waals surface area contributed by atoms with Crippen LogP contribution in [0.2, 0.25) is 0 Å². The van der Waals surface area contributed by atoms with Crippen LogP contribution in [0.4, 0.5) is 13.6 Å². The fraction of sp³-hybridized carbons (Fsp3) is 0.556. The van der Waals surface area contributed by atoms with Crippen molar-refractivity contribution in [1.29, 1.82) is 0 Å². The lowest BCUT2D eigenvalue weighted by Crippen LogP contribution is -2.53. The van der Waals surface area contributed by atoms with E-state index in [2.05, 4.69) is 4.90 Å². The van der Waals surface area contributed by atoms with Gasteiger partial charge in [0.05, 0.1) is 30.9 Å². The molecule has 8 nitrogen and oxygen atoms in total. The van der Waals surface area contributed by atoms with Gasteiger partial charge in [0, 0.05) is 42.6 Å². The molecule has 1 spiro atoms. The number of carbonyl (C=O) groups excluding carboxylic acids is 2. The molecule has 1 aliphatic heterocycles. The van der Waals surface area contributed by atoms with Crippen molar-refractivity contribution in [3.05, 3.63) is 64.8 Å². The summed E-state index contributed by atoms with van der Waals surface area (Å²) in [6, 6.07) is 11.0. The van der Waals surface area contributed by atoms with Crippen molar-refractivity contribution < 1.29 is 37.3 Å². The highest BCUT2D eigenvalue weighted by molar-refractivity contribution is 5.95. The van der Waals surface area contributed by atoms with Gasteiger partial charge >= 0.3 is 12.1 Å². The summed E-state index contributed by atoms with van der Waals surface area (Å²) < 4.78 is 52.8. The number of likely N-dealkylation sites (tertiary alicyclic amines) is 1. The molecule has 248 valence electrons. The van der Waals surface area contributed by atoms with Crippen LogP contribution in [0.25, 0.3) is 10.9 Å². The summed E-state index contributed by atoms with van der Waals surface area (Å²) in [5.41, 5.74) is 2.85. The molecule has 46 heavy (non-hydrogen) atoms. The van der Waals surface area contributed by atoms with Crippen molar-refractivity contribution in [2.45, 2.75) is 96.4 Å². The first-order valence-corrected chi connectivity index (χ1v) is 16.2. The van der Waals surface area contributed by atoms with Crippen LogP contribution in [0, 0.1) is 12.3 Å². The predicted molar refractivity (Wildman–Crippen MR) is 170 cm³/mol. The minimum Gasteiger partial charge on any atom is -0.491 e. The second-order valence-corrected chi connectivity index (χ2v) is 14.3. The molecular formula is C36H44F2N2O6. The SMILES string of the molecule is COC(=O)c1ccc([C@@H]2CC3(CCN2Cc2c(OCCOC4CC4)cc(C)c4c2ccn4C(=O)OC(C)(C)C)CC(F)(F)C3)cc1. The first kappa shape index (κ1) is 32.4. The molecule has 3 fully saturated rings. The first-order chi connectivity index (χ1) is 21.8. The maximum Gasteiger partial charge on any atom is 0.419 e. The van der Waals surface area contributed by atoms with Crippen LogP contribution in [0.3, 0.4) is 0 Å². The number of fused-ring (bicyclic) bond motifs is 1. The maximum absolute atomic E-state index is 14.2. The zero-order chi connectivity index (χ0) is 32.9. The van der Waals surface area contributed by atoms with Gasteiger partial charge in [0.15, 0.2) is 0 Å². The molecular weight excluding hydrogens is 594 g/mol. The smallest absolute Gasteiger partial charge is 0.419 e. The highest BCUT2D eigenvalue weighted by atomic mass is 19.3. The summed E-state index contributed by atoms with van der Waals surface area (Å²) >= 11 is 0. The number of benzene rings is 2. The third kappa shape index (κ3) is 6.93. The average Bonchev–Trinajstić information content (AvgIpc) is 3.70. The minimum absolute atomic E-state index is 0.104. The molecule has 3 aromatic rings. The molecule has 1 aromatic heterocycles. The summed E-state index contributed by atoms with van der Waals surface area (Å²) in [7, 11) is 1.34. The molecule has 1 atom stereocenters. The number of ether oxygens (including phenoxy) is 4. The highest BCUT2D eigenvalue weighted by Gasteiger charge is 2.58. The number of piperidine rings is 1. The Morgan fingerprint density at radius 3 is 2.39 bits per heavy atom. The monoisotopic (exact) mass is 638 g/mol. The fourth-order valence-electron chi connectivity index (χ4n) is 7.14. The van der Waals surface area contributed by atoms with E-state index < -0.39 is 29.0 Å². The Balaban J connectivity index is 1.36. The maximum atomic E-state index is 14.2. The lowest BCUT2D eigenvalue weighted by atomic mass is 9.59. The minimum atomic E-state index is -2.63. The molecule has 2 heterocycles. The van der Waals surface area contributed by atoms with Gasteiger partial charge in [0.2, 0.25) is 5.92 Å². The van der Waals surface area contributed by atoms with Crippen molar-refractivity contribution in [2.75, 3.05) is 26.9 Å². The number of halogens is 2. The Labute approximate surface area is 268 Å². The molecule has 1 saturated heterocycles. The van der Waals surface area contributed by atoms with Crippen LogP contribution in [0.15, 0.2) is 42.6 Å². The standard InChI is InChI=1S/C36H44F2N2O6/c1-23-18-30(45-17-16-44-26-10-11-26)28(27-12-14-40(31(23)27)33(42)46-34(2,3)4)20-39-15-13-35(21-36(37,38)22-35)19-29(39)24-6-8-25(9-7-24)32(41)43-5/h6-9,12,14,18,26,29H,10-11,13,15-17,19-22H2,1-5H3/t29-/m0/s1. The molecule has 0 radical (unpaired) electrons. The summed E-state index contributed by atoms with van der Waals surface area (Å²) in [5.74, 6) is -2.34. The summed E-state index contributed by atoms with van der Waals surface area (Å²) in [6.07, 6.45) is 4.80. The van der Waals surface area contributed by atoms with Gasteiger partial charge in [-0.25, -0.2) is 18.4 Å². The van der Waals surface area contributed by atoms with Gasteiger partial charge in [-0.3, -0.25) is 9.47 Å². The van der Waals surface area contributed by atoms with E-state index in [4.69, 9.17) is 18.9 Å². The first-order valence-electron chi connectivity index (χ1n) is 16.2. The molecule has 0 N–H and O–H groups in total. The Hall–Kier alpha value is -3.50. The van der Waals surface area contributed by atoms with Crippen molar-refractivity contribution in [2.24, 2.45) is 5.41 Å². The number of methoxy groups -OCH3 is 1. The molecule has 2 saturated carbocycles. The quantitative estimate of drug-likeness (QED) is 0.175. The number of aromatic nitrogens is 1. The third-order valence-electron chi connectivity index (χ3n) is 9.38. The molecule has 6 rings (SSSR count). The van der Waals surface area contributed by atoms with E-state index in [1.807, 2.05) is 52.0 Å². The van der Waals surface area contributed by atoms with E-state index >= 15 is 0 Å². The molecule has 0 bridgehead atoms. The molecule has 0 unspecified atom stereocenters. The van der Waals surface area contributed by atoms with Crippen LogP contribution in [-0.4, -0.2) is 66.0 Å². The summed E-state index contributed by atoms with van der Waals surface area (Å²) in [6.45, 7) is 9.42. The van der Waals surface area contributed by atoms with Crippen LogP contribution in [-0.2, 0) is 20.8 Å². The van der Waals surface area contributed by atoms with Crippen LogP contribution in [0.1, 0.15) is 92.4 Å². The third-order valence-corrected chi connectivity index (χ3v) is 9.38. The number of alkyl halides is 2. The Kier molecular flexibility index (Phi) is 8.65. The van der Waals surface area contributed by atoms with Crippen molar-refractivity contribution in [1.82, 2.24) is 9.47 Å². The van der Waals surface area contributed by atoms with Gasteiger partial charge in [-0.1, -0.05) is 12.1 Å². The zero-order valence-electron chi connectivity index (χ0n) is 27.4. The number of rotatable bonds is 9. The number of hydrogen-bond donors (Lipinski definition) is 0. The van der Waals surface area contributed by atoms with Crippen molar-refractivity contribution in [3.63, 3.8) is 0 Å². The summed E-state index contributed by atoms with van der Waals surface area (Å²) in [4.78, 5) is 27.7. The van der Waals surface area contributed by atoms with Crippen LogP contribution < -0.4 is 4.74 Å². The van der Waals surface area contributed by atoms with Gasteiger partial charge < -0.3 is 18.9 Å². The van der Waals surface area contributed by atoms with E-state index in [1.54, 1.807) is 22.9 Å². The predicted octanol–water partition coefficient (Wildman–Crippen LogP) is 7.83. The number of esters is 1. The summed E-state index contributed by atoms with van der Waals surface area (Å²) in [5, 5.41) is 0.874. The Morgan fingerprint density at radius 2 is 1.76 bits per heavy atom. The van der Waals surface area contributed by atoms with E-state index in [0.717, 1.165) is 40.4 Å². The largest absolute Gasteiger partial charge is 0.491 e. The van der Waals surface area contributed by atoms with Gasteiger partial charge in [-0.15, -0.1) is 0 Å². The number of nitrogens with zero attached hydrogens (tertiary/aromatic N) is 2. The molecule has 0 amide bonds. The fourth-order valence-corrected chi connectivity index (χ4v) is 7.14. The number of aryl methyl sites for hydroxylation is 1. The molecule has 10 heteroatoms. The lowest BCUT2D eigenvalue weighted by Gasteiger charge is -2.54. The van der Waals surface area contributed by atoms with Crippen LogP contribution in [0.5, 0.6) is 5.75 Å². The highest BCUT2D eigenvalue weighted by Crippen LogP contribution is 2.60. The second-order valence-electron chi connectivity index (χ2n) is 14.3. The normalized spacial score (nSPS) is 20.8. The second kappa shape index (κ2) is 12.3. The van der Waals surface area contributed by atoms with Gasteiger partial charge in [-0.05, 0) is 101 Å². The van der Waals surface area contributed by atoms with Gasteiger partial charge in [-0.2, -0.15) is 0 Å². The van der Waals surface area contributed by atoms with Crippen LogP contribution >= 0.6 is 0 Å². The Bertz CT molecular complexity index is 1600. The zero-order valence-corrected chi connectivity index (χ0v) is 27.4. The number of hydrogen-bond acceptors (Lipinski definition) is 7. The average molecular weight is 639 g/mol. The number of carbonyl (C=O) groups is 2. The van der Waals surface area contributed by atoms with Gasteiger partial charge in [0.1, 0.15) is 18.0 Å². The van der Waals surface area contributed by atoms with E-state index in [-0.39, 0.29) is 18.9 Å². The van der Waals surface area contributed by atoms with Crippen molar-refractivity contribution in [3.8, 4) is 5.75 Å². The Morgan fingerprint density at radius 1 is 1.04 bits per heavy atom. The van der Waals surface area contributed by atoms with Crippen molar-refractivity contribution >= 4 is 23.0 Å². The van der Waals surface area contributed by atoms with E-state index in [0.29, 0.717) is 56.6 Å². The van der Waals surface area contributed by atoms with E-state index in [1.165, 1.54) is 7.11 Å². The molecule has 3 aliphatic rings. The van der Waals surface area contributed by atoms with E-state index in [9.17, 15) is 18.4 Å².